The number of allylic oxidation sites excluding steroid dienone is 2. The van der Waals surface area contributed by atoms with E-state index in [1.807, 2.05) is 19.1 Å². The van der Waals surface area contributed by atoms with Crippen molar-refractivity contribution in [2.75, 3.05) is 27.4 Å². The summed E-state index contributed by atoms with van der Waals surface area (Å²) in [6, 6.07) is 5.73. The number of nitrogens with zero attached hydrogens (tertiary/aromatic N) is 1. The van der Waals surface area contributed by atoms with Gasteiger partial charge in [0.2, 0.25) is 11.5 Å². The number of fused-ring (bicyclic) bond motifs is 2. The van der Waals surface area contributed by atoms with Gasteiger partial charge in [-0.25, -0.2) is 0 Å². The molecule has 2 N–H and O–H groups in total. The summed E-state index contributed by atoms with van der Waals surface area (Å²) >= 11 is 0. The molecule has 1 aliphatic heterocycles. The summed E-state index contributed by atoms with van der Waals surface area (Å²) in [6.45, 7) is 5.21. The monoisotopic (exact) mass is 475 g/mol. The molecule has 2 aromatic heterocycles. The van der Waals surface area contributed by atoms with E-state index in [2.05, 4.69) is 23.0 Å². The summed E-state index contributed by atoms with van der Waals surface area (Å²) in [4.78, 5) is 34.8. The minimum absolute atomic E-state index is 0.0732. The Kier molecular flexibility index (Phi) is 4.78. The third kappa shape index (κ3) is 2.98. The zero-order valence-corrected chi connectivity index (χ0v) is 20.4. The van der Waals surface area contributed by atoms with Crippen LogP contribution in [0.25, 0.3) is 10.9 Å². The van der Waals surface area contributed by atoms with Gasteiger partial charge in [0.1, 0.15) is 5.69 Å². The number of nitrogens with one attached hydrogen (secondary N) is 2. The van der Waals surface area contributed by atoms with Crippen LogP contribution in [-0.4, -0.2) is 53.9 Å². The van der Waals surface area contributed by atoms with Crippen LogP contribution >= 0.6 is 0 Å². The van der Waals surface area contributed by atoms with E-state index < -0.39 is 0 Å². The van der Waals surface area contributed by atoms with Gasteiger partial charge in [-0.1, -0.05) is 13.3 Å². The van der Waals surface area contributed by atoms with Crippen LogP contribution in [0.4, 0.5) is 0 Å². The maximum Gasteiger partial charge on any atom is 0.274 e. The van der Waals surface area contributed by atoms with Crippen LogP contribution in [0.3, 0.4) is 0 Å². The molecule has 1 aromatic carbocycles. The molecule has 2 fully saturated rings. The Balaban J connectivity index is 1.37. The number of carbonyl (C=O) groups excluding carboxylic acids is 2. The zero-order chi connectivity index (χ0) is 24.5. The van der Waals surface area contributed by atoms with Crippen LogP contribution in [0.2, 0.25) is 0 Å². The van der Waals surface area contributed by atoms with Gasteiger partial charge in [0.25, 0.3) is 5.91 Å². The number of likely N-dealkylation sites (tertiary alicyclic amines) is 1. The summed E-state index contributed by atoms with van der Waals surface area (Å²) in [7, 11) is 3.17. The fourth-order valence-electron chi connectivity index (χ4n) is 5.89. The lowest BCUT2D eigenvalue weighted by Gasteiger charge is -2.27. The van der Waals surface area contributed by atoms with E-state index in [9.17, 15) is 9.59 Å². The normalized spacial score (nSPS) is 21.9. The highest BCUT2D eigenvalue weighted by Crippen LogP contribution is 2.66. The molecule has 8 nitrogen and oxygen atoms in total. The molecule has 35 heavy (non-hydrogen) atoms. The fraction of sp³-hybridized carbons (Fsp3) is 0.407. The highest BCUT2D eigenvalue weighted by molar-refractivity contribution is 6.09. The Morgan fingerprint density at radius 2 is 2.00 bits per heavy atom. The maximum absolute atomic E-state index is 13.7. The molecule has 3 heterocycles. The lowest BCUT2D eigenvalue weighted by atomic mass is 9.85. The number of piperidine rings is 1. The van der Waals surface area contributed by atoms with Crippen molar-refractivity contribution in [1.82, 2.24) is 14.9 Å². The largest absolute Gasteiger partial charge is 0.493 e. The van der Waals surface area contributed by atoms with Gasteiger partial charge in [0.15, 0.2) is 11.5 Å². The standard InChI is InChI=1S/C27H29N3O5/c1-5-6-7-35-24-20(33-3)10-15-9-18(29-22(15)25(24)34-4)26(32)30-13-16-12-27(16)17-8-14(2)28-23(17)19(31)11-21(27)30/h8-11,16,28-29H,5-7,12-13H2,1-4H3/t16-,27?/m1/s1. The zero-order valence-electron chi connectivity index (χ0n) is 20.4. The first-order valence-electron chi connectivity index (χ1n) is 12.1. The van der Waals surface area contributed by atoms with Crippen LogP contribution in [0.5, 0.6) is 17.2 Å². The molecule has 0 radical (unpaired) electrons. The molecule has 8 heteroatoms. The smallest absolute Gasteiger partial charge is 0.274 e. The summed E-state index contributed by atoms with van der Waals surface area (Å²) in [5.41, 5.74) is 4.38. The number of H-pyrrole nitrogens is 2. The second-order valence-corrected chi connectivity index (χ2v) is 9.71. The average Bonchev–Trinajstić information content (AvgIpc) is 3.14. The molecular formula is C27H29N3O5. The molecule has 1 unspecified atom stereocenters. The molecule has 3 aliphatic rings. The number of ketones is 1. The molecule has 1 spiro atoms. The topological polar surface area (TPSA) is 96.6 Å². The Labute approximate surface area is 203 Å². The molecular weight excluding hydrogens is 446 g/mol. The van der Waals surface area contributed by atoms with Gasteiger partial charge >= 0.3 is 0 Å². The number of amides is 1. The number of aromatic nitrogens is 2. The first-order valence-corrected chi connectivity index (χ1v) is 12.1. The molecule has 1 amide bonds. The Hall–Kier alpha value is -3.68. The van der Waals surface area contributed by atoms with Gasteiger partial charge in [0, 0.05) is 34.8 Å². The van der Waals surface area contributed by atoms with E-state index in [-0.39, 0.29) is 17.1 Å². The van der Waals surface area contributed by atoms with E-state index in [1.54, 1.807) is 25.2 Å². The molecule has 1 saturated carbocycles. The lowest BCUT2D eigenvalue weighted by Crippen LogP contribution is -2.33. The van der Waals surface area contributed by atoms with Crippen molar-refractivity contribution in [1.29, 1.82) is 0 Å². The van der Waals surface area contributed by atoms with E-state index in [0.29, 0.717) is 53.2 Å². The quantitative estimate of drug-likeness (QED) is 0.491. The number of methoxy groups -OCH3 is 2. The third-order valence-electron chi connectivity index (χ3n) is 7.64. The van der Waals surface area contributed by atoms with Crippen molar-refractivity contribution in [3.05, 3.63) is 52.6 Å². The van der Waals surface area contributed by atoms with Crippen molar-refractivity contribution >= 4 is 22.6 Å². The summed E-state index contributed by atoms with van der Waals surface area (Å²) < 4.78 is 17.3. The second-order valence-electron chi connectivity index (χ2n) is 9.71. The van der Waals surface area contributed by atoms with Crippen molar-refractivity contribution < 1.29 is 23.8 Å². The number of carbonyl (C=O) groups is 2. The van der Waals surface area contributed by atoms with Crippen LogP contribution in [0.1, 0.15) is 58.4 Å². The Bertz CT molecular complexity index is 1410. The second kappa shape index (κ2) is 7.66. The molecule has 2 atom stereocenters. The maximum atomic E-state index is 13.7. The third-order valence-corrected chi connectivity index (χ3v) is 7.64. The van der Waals surface area contributed by atoms with Crippen molar-refractivity contribution in [3.8, 4) is 17.2 Å². The van der Waals surface area contributed by atoms with Gasteiger partial charge < -0.3 is 29.1 Å². The molecule has 1 saturated heterocycles. The van der Waals surface area contributed by atoms with Crippen LogP contribution < -0.4 is 14.2 Å². The summed E-state index contributed by atoms with van der Waals surface area (Å²) in [6.07, 6.45) is 4.53. The number of rotatable bonds is 7. The SMILES string of the molecule is CCCCOc1c(OC)cc2cc(C(=O)N3C[C@H]4CC45C3=CC(=O)c3[nH]c(C)cc35)[nH]c2c1OC. The van der Waals surface area contributed by atoms with Crippen molar-refractivity contribution in [3.63, 3.8) is 0 Å². The fourth-order valence-corrected chi connectivity index (χ4v) is 5.89. The summed E-state index contributed by atoms with van der Waals surface area (Å²) in [5.74, 6) is 1.69. The lowest BCUT2D eigenvalue weighted by molar-refractivity contribution is 0.0806. The first kappa shape index (κ1) is 21.8. The number of aryl methyl sites for hydroxylation is 1. The van der Waals surface area contributed by atoms with E-state index >= 15 is 0 Å². The van der Waals surface area contributed by atoms with Gasteiger partial charge in [0.05, 0.1) is 32.0 Å². The van der Waals surface area contributed by atoms with Gasteiger partial charge in [-0.05, 0) is 49.4 Å². The number of ether oxygens (including phenoxy) is 3. The number of benzene rings is 1. The Morgan fingerprint density at radius 1 is 1.17 bits per heavy atom. The van der Waals surface area contributed by atoms with Crippen LogP contribution in [-0.2, 0) is 5.41 Å². The highest BCUT2D eigenvalue weighted by atomic mass is 16.5. The average molecular weight is 476 g/mol. The molecule has 182 valence electrons. The minimum atomic E-state index is -0.225. The number of aromatic amines is 2. The Morgan fingerprint density at radius 3 is 2.74 bits per heavy atom. The van der Waals surface area contributed by atoms with Gasteiger partial charge in [-0.3, -0.25) is 9.59 Å². The predicted octanol–water partition coefficient (Wildman–Crippen LogP) is 4.49. The molecule has 6 rings (SSSR count). The number of hydrogen-bond acceptors (Lipinski definition) is 5. The van der Waals surface area contributed by atoms with Crippen molar-refractivity contribution in [2.24, 2.45) is 5.92 Å². The minimum Gasteiger partial charge on any atom is -0.493 e. The van der Waals surface area contributed by atoms with E-state index in [4.69, 9.17) is 14.2 Å². The van der Waals surface area contributed by atoms with Crippen molar-refractivity contribution in [2.45, 2.75) is 38.5 Å². The first-order chi connectivity index (χ1) is 16.9. The number of unbranched alkanes of at least 4 members (excludes halogenated alkanes) is 1. The van der Waals surface area contributed by atoms with E-state index in [1.165, 1.54) is 0 Å². The molecule has 0 bridgehead atoms. The van der Waals surface area contributed by atoms with Crippen LogP contribution in [0.15, 0.2) is 30.0 Å². The van der Waals surface area contributed by atoms with E-state index in [0.717, 1.165) is 41.6 Å². The summed E-state index contributed by atoms with van der Waals surface area (Å²) in [5, 5.41) is 0.793. The van der Waals surface area contributed by atoms with Gasteiger partial charge in [-0.15, -0.1) is 0 Å². The molecule has 3 aromatic rings. The molecule has 2 aliphatic carbocycles. The highest BCUT2D eigenvalue weighted by Gasteiger charge is 2.67. The predicted molar refractivity (Wildman–Crippen MR) is 131 cm³/mol. The number of hydrogen-bond donors (Lipinski definition) is 2. The van der Waals surface area contributed by atoms with Crippen LogP contribution in [0, 0.1) is 12.8 Å². The van der Waals surface area contributed by atoms with Gasteiger partial charge in [-0.2, -0.15) is 0 Å².